The second-order valence-electron chi connectivity index (χ2n) is 5.78. The Morgan fingerprint density at radius 3 is 2.96 bits per heavy atom. The number of hydrogen-bond acceptors (Lipinski definition) is 4. The number of H-pyrrole nitrogens is 2. The van der Waals surface area contributed by atoms with E-state index in [4.69, 9.17) is 17.0 Å². The van der Waals surface area contributed by atoms with Crippen LogP contribution in [0.2, 0.25) is 0 Å². The number of aromatic amines is 2. The average Bonchev–Trinajstić information content (AvgIpc) is 2.56. The highest BCUT2D eigenvalue weighted by Gasteiger charge is 2.21. The Hall–Kier alpha value is -2.41. The number of carbonyl (C=O) groups excluding carboxylic acids is 1. The number of amides is 1. The number of carbonyl (C=O) groups is 1. The second kappa shape index (κ2) is 7.00. The molecular formula is C17H19N3O3S. The van der Waals surface area contributed by atoms with Crippen molar-refractivity contribution in [1.82, 2.24) is 15.3 Å². The van der Waals surface area contributed by atoms with E-state index < -0.39 is 0 Å². The summed E-state index contributed by atoms with van der Waals surface area (Å²) in [5.74, 6) is 0.791. The molecule has 3 rings (SSSR count). The third-order valence-electron chi connectivity index (χ3n) is 3.98. The number of benzene rings is 1. The molecule has 6 nitrogen and oxygen atoms in total. The molecule has 0 radical (unpaired) electrons. The van der Waals surface area contributed by atoms with Gasteiger partial charge in [0.2, 0.25) is 5.88 Å². The fourth-order valence-electron chi connectivity index (χ4n) is 2.66. The van der Waals surface area contributed by atoms with Gasteiger partial charge in [0.25, 0.3) is 11.5 Å². The van der Waals surface area contributed by atoms with E-state index in [1.54, 1.807) is 12.1 Å². The van der Waals surface area contributed by atoms with E-state index in [9.17, 15) is 9.59 Å². The Morgan fingerprint density at radius 2 is 2.17 bits per heavy atom. The maximum Gasteiger partial charge on any atom is 0.259 e. The van der Waals surface area contributed by atoms with Crippen molar-refractivity contribution in [2.45, 2.75) is 32.6 Å². The fourth-order valence-corrected chi connectivity index (χ4v) is 2.84. The van der Waals surface area contributed by atoms with E-state index in [2.05, 4.69) is 22.2 Å². The first-order valence-corrected chi connectivity index (χ1v) is 8.43. The van der Waals surface area contributed by atoms with E-state index in [1.165, 1.54) is 0 Å². The predicted octanol–water partition coefficient (Wildman–Crippen LogP) is 3.05. The summed E-state index contributed by atoms with van der Waals surface area (Å²) in [5.41, 5.74) is 1.66. The van der Waals surface area contributed by atoms with Crippen molar-refractivity contribution < 1.29 is 9.53 Å². The second-order valence-corrected chi connectivity index (χ2v) is 6.19. The van der Waals surface area contributed by atoms with Crippen molar-refractivity contribution in [3.8, 4) is 11.6 Å². The van der Waals surface area contributed by atoms with Crippen LogP contribution in [0.4, 0.5) is 0 Å². The van der Waals surface area contributed by atoms with Crippen molar-refractivity contribution in [2.24, 2.45) is 0 Å². The van der Waals surface area contributed by atoms with Crippen LogP contribution in [0.25, 0.3) is 0 Å². The van der Waals surface area contributed by atoms with Crippen LogP contribution in [0.3, 0.4) is 0 Å². The van der Waals surface area contributed by atoms with Crippen LogP contribution in [-0.4, -0.2) is 22.4 Å². The van der Waals surface area contributed by atoms with Crippen LogP contribution in [-0.2, 0) is 6.42 Å². The zero-order valence-corrected chi connectivity index (χ0v) is 14.2. The molecular weight excluding hydrogens is 326 g/mol. The molecule has 0 saturated heterocycles. The summed E-state index contributed by atoms with van der Waals surface area (Å²) in [6, 6.07) is 5.27. The highest BCUT2D eigenvalue weighted by Crippen LogP contribution is 2.33. The number of rotatable bonds is 5. The highest BCUT2D eigenvalue weighted by molar-refractivity contribution is 7.71. The van der Waals surface area contributed by atoms with Gasteiger partial charge in [-0.2, -0.15) is 0 Å². The van der Waals surface area contributed by atoms with Gasteiger partial charge in [-0.25, -0.2) is 0 Å². The standard InChI is InChI=1S/C17H19N3O3S/c1-2-3-4-7-18-14(21)11-6-5-10-8-12-15(22)19-17(24)20-16(12)23-13(10)9-11/h5-6,9H,2-4,7-8H2,1H3,(H,18,21)(H2,19,20,22,24). The summed E-state index contributed by atoms with van der Waals surface area (Å²) >= 11 is 4.96. The van der Waals surface area contributed by atoms with Gasteiger partial charge in [-0.15, -0.1) is 0 Å². The number of hydrogen-bond donors (Lipinski definition) is 3. The van der Waals surface area contributed by atoms with Crippen molar-refractivity contribution >= 4 is 18.1 Å². The third kappa shape index (κ3) is 3.41. The molecule has 7 heteroatoms. The molecule has 1 amide bonds. The van der Waals surface area contributed by atoms with Gasteiger partial charge in [-0.05, 0) is 36.3 Å². The first-order valence-electron chi connectivity index (χ1n) is 8.03. The minimum Gasteiger partial charge on any atom is -0.440 e. The lowest BCUT2D eigenvalue weighted by molar-refractivity contribution is 0.0952. The van der Waals surface area contributed by atoms with Gasteiger partial charge in [0.15, 0.2) is 4.77 Å². The quantitative estimate of drug-likeness (QED) is 0.490. The molecule has 1 aromatic carbocycles. The fraction of sp³-hybridized carbons (Fsp3) is 0.353. The van der Waals surface area contributed by atoms with Crippen molar-refractivity contribution in [1.29, 1.82) is 0 Å². The molecule has 1 aliphatic rings. The summed E-state index contributed by atoms with van der Waals surface area (Å²) in [6.07, 6.45) is 3.61. The summed E-state index contributed by atoms with van der Waals surface area (Å²) in [6.45, 7) is 2.78. The van der Waals surface area contributed by atoms with Crippen LogP contribution in [0.15, 0.2) is 23.0 Å². The van der Waals surface area contributed by atoms with Gasteiger partial charge in [-0.1, -0.05) is 25.8 Å². The number of fused-ring (bicyclic) bond motifs is 2. The van der Waals surface area contributed by atoms with Crippen LogP contribution < -0.4 is 15.6 Å². The molecule has 0 bridgehead atoms. The number of aromatic nitrogens is 2. The van der Waals surface area contributed by atoms with Gasteiger partial charge < -0.3 is 15.0 Å². The molecule has 0 spiro atoms. The zero-order valence-electron chi connectivity index (χ0n) is 13.4. The van der Waals surface area contributed by atoms with Gasteiger partial charge in [0, 0.05) is 18.5 Å². The lowest BCUT2D eigenvalue weighted by Gasteiger charge is -2.19. The van der Waals surface area contributed by atoms with Crippen molar-refractivity contribution in [2.75, 3.05) is 6.54 Å². The summed E-state index contributed by atoms with van der Waals surface area (Å²) in [7, 11) is 0. The van der Waals surface area contributed by atoms with Gasteiger partial charge in [0.1, 0.15) is 5.75 Å². The SMILES string of the molecule is CCCCCNC(=O)c1ccc2c(c1)Oc1[nH]c(=S)[nH]c(=O)c1C2. The van der Waals surface area contributed by atoms with Crippen LogP contribution in [0, 0.1) is 4.77 Å². The highest BCUT2D eigenvalue weighted by atomic mass is 32.1. The molecule has 3 N–H and O–H groups in total. The molecule has 0 unspecified atom stereocenters. The molecule has 0 fully saturated rings. The van der Waals surface area contributed by atoms with Gasteiger partial charge in [-0.3, -0.25) is 14.6 Å². The first-order chi connectivity index (χ1) is 11.6. The molecule has 2 aromatic rings. The normalized spacial score (nSPS) is 12.0. The Labute approximate surface area is 144 Å². The molecule has 1 aliphatic heterocycles. The molecule has 24 heavy (non-hydrogen) atoms. The van der Waals surface area contributed by atoms with Crippen LogP contribution in [0.1, 0.15) is 47.7 Å². The largest absolute Gasteiger partial charge is 0.440 e. The molecule has 2 heterocycles. The van der Waals surface area contributed by atoms with Crippen molar-refractivity contribution in [3.05, 3.63) is 50.0 Å². The monoisotopic (exact) mass is 345 g/mol. The van der Waals surface area contributed by atoms with Crippen LogP contribution >= 0.6 is 12.2 Å². The smallest absolute Gasteiger partial charge is 0.259 e. The van der Waals surface area contributed by atoms with Gasteiger partial charge in [0.05, 0.1) is 5.56 Å². The van der Waals surface area contributed by atoms with Gasteiger partial charge >= 0.3 is 0 Å². The Bertz CT molecular complexity index is 885. The van der Waals surface area contributed by atoms with Crippen molar-refractivity contribution in [3.63, 3.8) is 0 Å². The Kier molecular flexibility index (Phi) is 4.80. The maximum absolute atomic E-state index is 12.2. The minimum atomic E-state index is -0.253. The zero-order chi connectivity index (χ0) is 17.1. The molecule has 0 atom stereocenters. The molecule has 0 aliphatic carbocycles. The summed E-state index contributed by atoms with van der Waals surface area (Å²) in [5, 5.41) is 2.90. The first kappa shape index (κ1) is 16.4. The average molecular weight is 345 g/mol. The number of ether oxygens (including phenoxy) is 1. The van der Waals surface area contributed by atoms with E-state index in [0.29, 0.717) is 35.7 Å². The van der Waals surface area contributed by atoms with Crippen LogP contribution in [0.5, 0.6) is 11.6 Å². The number of nitrogens with one attached hydrogen (secondary N) is 3. The van der Waals surface area contributed by atoms with E-state index in [-0.39, 0.29) is 16.2 Å². The predicted molar refractivity (Wildman–Crippen MR) is 93.4 cm³/mol. The molecule has 126 valence electrons. The Morgan fingerprint density at radius 1 is 1.33 bits per heavy atom. The summed E-state index contributed by atoms with van der Waals surface area (Å²) in [4.78, 5) is 29.6. The topological polar surface area (TPSA) is 87.0 Å². The lowest BCUT2D eigenvalue weighted by Crippen LogP contribution is -2.25. The minimum absolute atomic E-state index is 0.123. The van der Waals surface area contributed by atoms with E-state index >= 15 is 0 Å². The Balaban J connectivity index is 1.79. The van der Waals surface area contributed by atoms with E-state index in [0.717, 1.165) is 24.8 Å². The van der Waals surface area contributed by atoms with E-state index in [1.807, 2.05) is 6.07 Å². The molecule has 0 saturated carbocycles. The number of unbranched alkanes of at least 4 members (excludes halogenated alkanes) is 2. The molecule has 1 aromatic heterocycles. The summed E-state index contributed by atoms with van der Waals surface area (Å²) < 4.78 is 5.97. The lowest BCUT2D eigenvalue weighted by atomic mass is 10.0. The maximum atomic E-state index is 12.2. The third-order valence-corrected chi connectivity index (χ3v) is 4.18.